The Bertz CT molecular complexity index is 554. The highest BCUT2D eigenvalue weighted by Gasteiger charge is 2.29. The lowest BCUT2D eigenvalue weighted by atomic mass is 10.1. The van der Waals surface area contributed by atoms with Crippen LogP contribution in [-0.2, 0) is 16.4 Å². The minimum Gasteiger partial charge on any atom is -0.268 e. The van der Waals surface area contributed by atoms with Crippen molar-refractivity contribution in [1.29, 1.82) is 0 Å². The second kappa shape index (κ2) is 5.44. The van der Waals surface area contributed by atoms with E-state index < -0.39 is 14.6 Å². The molecule has 0 spiro atoms. The van der Waals surface area contributed by atoms with Gasteiger partial charge >= 0.3 is 0 Å². The molecule has 0 saturated heterocycles. The van der Waals surface area contributed by atoms with E-state index in [0.717, 1.165) is 17.0 Å². The first-order valence-corrected chi connectivity index (χ1v) is 8.46. The summed E-state index contributed by atoms with van der Waals surface area (Å²) in [4.78, 5) is 0. The van der Waals surface area contributed by atoms with E-state index in [1.165, 1.54) is 0 Å². The van der Waals surface area contributed by atoms with E-state index >= 15 is 0 Å². The maximum Gasteiger partial charge on any atom is 0.157 e. The Hall–Kier alpha value is -0.550. The number of aromatic nitrogens is 2. The minimum atomic E-state index is -3.13. The number of hydrogen-bond donors (Lipinski definition) is 0. The van der Waals surface area contributed by atoms with Crippen LogP contribution in [-0.4, -0.2) is 28.7 Å². The molecule has 1 atom stereocenters. The molecule has 0 aromatic carbocycles. The lowest BCUT2D eigenvalue weighted by Gasteiger charge is -2.19. The fourth-order valence-corrected chi connectivity index (χ4v) is 3.36. The topological polar surface area (TPSA) is 52.0 Å². The van der Waals surface area contributed by atoms with Crippen LogP contribution < -0.4 is 0 Å². The van der Waals surface area contributed by atoms with Crippen LogP contribution in [0.25, 0.3) is 0 Å². The van der Waals surface area contributed by atoms with Gasteiger partial charge in [0, 0.05) is 11.3 Å². The fourth-order valence-electron chi connectivity index (χ4n) is 2.02. The molecule has 0 aliphatic rings. The molecule has 0 saturated carbocycles. The van der Waals surface area contributed by atoms with Gasteiger partial charge < -0.3 is 0 Å². The van der Waals surface area contributed by atoms with E-state index in [0.29, 0.717) is 6.54 Å². The highest BCUT2D eigenvalue weighted by molar-refractivity contribution is 7.92. The first-order valence-electron chi connectivity index (χ1n) is 6.37. The summed E-state index contributed by atoms with van der Waals surface area (Å²) in [6.07, 6.45) is 0. The molecule has 1 aromatic rings. The third kappa shape index (κ3) is 3.51. The summed E-state index contributed by atoms with van der Waals surface area (Å²) in [6.45, 7) is 11.2. The zero-order chi connectivity index (χ0) is 15.0. The molecule has 1 heterocycles. The molecule has 110 valence electrons. The molecule has 19 heavy (non-hydrogen) atoms. The molecule has 0 N–H and O–H groups in total. The monoisotopic (exact) mass is 306 g/mol. The van der Waals surface area contributed by atoms with Crippen molar-refractivity contribution in [3.05, 3.63) is 17.0 Å². The van der Waals surface area contributed by atoms with Crippen molar-refractivity contribution >= 4 is 21.4 Å². The fraction of sp³-hybridized carbons (Fsp3) is 0.769. The van der Waals surface area contributed by atoms with Gasteiger partial charge in [-0.05, 0) is 41.5 Å². The van der Waals surface area contributed by atoms with Gasteiger partial charge in [0.05, 0.1) is 28.1 Å². The lowest BCUT2D eigenvalue weighted by molar-refractivity contribution is 0.545. The molecule has 6 heteroatoms. The summed E-state index contributed by atoms with van der Waals surface area (Å²) in [7, 11) is -3.13. The van der Waals surface area contributed by atoms with E-state index in [9.17, 15) is 8.42 Å². The molecule has 0 aliphatic heterocycles. The number of alkyl halides is 1. The third-order valence-corrected chi connectivity index (χ3v) is 6.14. The first-order chi connectivity index (χ1) is 8.47. The number of rotatable bonds is 4. The standard InChI is InChI=1S/C13H23ClN2O2S/c1-9(14)12-10(2)15-16(11(12)3)7-8-19(17,18)13(4,5)6/h9H,7-8H2,1-6H3. The van der Waals surface area contributed by atoms with E-state index in [4.69, 9.17) is 11.6 Å². The van der Waals surface area contributed by atoms with Crippen LogP contribution in [0.5, 0.6) is 0 Å². The Morgan fingerprint density at radius 3 is 2.21 bits per heavy atom. The van der Waals surface area contributed by atoms with E-state index in [2.05, 4.69) is 5.10 Å². The van der Waals surface area contributed by atoms with Gasteiger partial charge in [0.25, 0.3) is 0 Å². The smallest absolute Gasteiger partial charge is 0.157 e. The molecule has 1 aromatic heterocycles. The number of halogens is 1. The van der Waals surface area contributed by atoms with Crippen molar-refractivity contribution in [3.63, 3.8) is 0 Å². The van der Waals surface area contributed by atoms with Crippen molar-refractivity contribution in [1.82, 2.24) is 9.78 Å². The second-order valence-electron chi connectivity index (χ2n) is 5.85. The Kier molecular flexibility index (Phi) is 4.73. The van der Waals surface area contributed by atoms with E-state index in [1.807, 2.05) is 20.8 Å². The molecule has 0 aliphatic carbocycles. The number of aryl methyl sites for hydroxylation is 2. The molecular weight excluding hydrogens is 284 g/mol. The van der Waals surface area contributed by atoms with E-state index in [-0.39, 0.29) is 11.1 Å². The molecule has 0 radical (unpaired) electrons. The Morgan fingerprint density at radius 1 is 1.32 bits per heavy atom. The Balaban J connectivity index is 2.95. The average molecular weight is 307 g/mol. The highest BCUT2D eigenvalue weighted by atomic mass is 35.5. The van der Waals surface area contributed by atoms with Gasteiger partial charge in [-0.25, -0.2) is 8.42 Å². The third-order valence-electron chi connectivity index (χ3n) is 3.34. The summed E-state index contributed by atoms with van der Waals surface area (Å²) >= 11 is 6.12. The van der Waals surface area contributed by atoms with Gasteiger partial charge in [0.15, 0.2) is 9.84 Å². The summed E-state index contributed by atoms with van der Waals surface area (Å²) in [5.41, 5.74) is 2.81. The average Bonchev–Trinajstić information content (AvgIpc) is 2.49. The van der Waals surface area contributed by atoms with Gasteiger partial charge in [-0.3, -0.25) is 4.68 Å². The van der Waals surface area contributed by atoms with Gasteiger partial charge in [0.2, 0.25) is 0 Å². The minimum absolute atomic E-state index is 0.0918. The van der Waals surface area contributed by atoms with Crippen LogP contribution in [0.3, 0.4) is 0 Å². The number of nitrogens with zero attached hydrogens (tertiary/aromatic N) is 2. The molecule has 0 bridgehead atoms. The number of sulfone groups is 1. The van der Waals surface area contributed by atoms with Crippen LogP contribution in [0.4, 0.5) is 0 Å². The molecule has 0 amide bonds. The van der Waals surface area contributed by atoms with Crippen LogP contribution >= 0.6 is 11.6 Å². The zero-order valence-electron chi connectivity index (χ0n) is 12.5. The van der Waals surface area contributed by atoms with Crippen LogP contribution in [0.1, 0.15) is 50.0 Å². The van der Waals surface area contributed by atoms with Crippen LogP contribution in [0.15, 0.2) is 0 Å². The molecule has 0 fully saturated rings. The van der Waals surface area contributed by atoms with Gasteiger partial charge in [0.1, 0.15) is 0 Å². The SMILES string of the molecule is Cc1nn(CCS(=O)(=O)C(C)(C)C)c(C)c1C(C)Cl. The van der Waals surface area contributed by atoms with Crippen molar-refractivity contribution in [3.8, 4) is 0 Å². The van der Waals surface area contributed by atoms with Crippen molar-refractivity contribution in [2.24, 2.45) is 0 Å². The maximum atomic E-state index is 12.1. The maximum absolute atomic E-state index is 12.1. The van der Waals surface area contributed by atoms with E-state index in [1.54, 1.807) is 25.5 Å². The van der Waals surface area contributed by atoms with Crippen molar-refractivity contribution in [2.75, 3.05) is 5.75 Å². The summed E-state index contributed by atoms with van der Waals surface area (Å²) < 4.78 is 25.2. The quantitative estimate of drug-likeness (QED) is 0.804. The predicted molar refractivity (Wildman–Crippen MR) is 79.5 cm³/mol. The van der Waals surface area contributed by atoms with Crippen LogP contribution in [0.2, 0.25) is 0 Å². The highest BCUT2D eigenvalue weighted by Crippen LogP contribution is 2.26. The second-order valence-corrected chi connectivity index (χ2v) is 9.37. The Labute approximate surface area is 121 Å². The largest absolute Gasteiger partial charge is 0.268 e. The van der Waals surface area contributed by atoms with Gasteiger partial charge in [-0.15, -0.1) is 11.6 Å². The normalized spacial score (nSPS) is 14.7. The van der Waals surface area contributed by atoms with Crippen molar-refractivity contribution < 1.29 is 8.42 Å². The van der Waals surface area contributed by atoms with Gasteiger partial charge in [-0.2, -0.15) is 5.10 Å². The predicted octanol–water partition coefficient (Wildman–Crippen LogP) is 3.01. The summed E-state index contributed by atoms with van der Waals surface area (Å²) in [5, 5.41) is 4.27. The molecular formula is C13H23ClN2O2S. The number of hydrogen-bond acceptors (Lipinski definition) is 3. The van der Waals surface area contributed by atoms with Gasteiger partial charge in [-0.1, -0.05) is 0 Å². The zero-order valence-corrected chi connectivity index (χ0v) is 14.1. The first kappa shape index (κ1) is 16.5. The lowest BCUT2D eigenvalue weighted by Crippen LogP contribution is -2.32. The summed E-state index contributed by atoms with van der Waals surface area (Å²) in [6, 6.07) is 0. The molecule has 4 nitrogen and oxygen atoms in total. The Morgan fingerprint density at radius 2 is 1.84 bits per heavy atom. The van der Waals surface area contributed by atoms with Crippen LogP contribution in [0, 0.1) is 13.8 Å². The molecule has 1 unspecified atom stereocenters. The molecule has 1 rings (SSSR count). The summed E-state index contributed by atoms with van der Waals surface area (Å²) in [5.74, 6) is 0.0918. The van der Waals surface area contributed by atoms with Crippen molar-refractivity contribution in [2.45, 2.75) is 58.2 Å².